The second-order valence-electron chi connectivity index (χ2n) is 5.45. The molecule has 106 valence electrons. The van der Waals surface area contributed by atoms with Crippen molar-refractivity contribution >= 4 is 11.8 Å². The highest BCUT2D eigenvalue weighted by Crippen LogP contribution is 2.32. The monoisotopic (exact) mass is 280 g/mol. The third-order valence-electron chi connectivity index (χ3n) is 4.14. The van der Waals surface area contributed by atoms with E-state index in [1.807, 2.05) is 23.9 Å². The first-order valence-electron chi connectivity index (χ1n) is 7.02. The number of thioether (sulfide) groups is 1. The van der Waals surface area contributed by atoms with Crippen molar-refractivity contribution in [3.63, 3.8) is 0 Å². The molecule has 0 radical (unpaired) electrons. The molecule has 0 aromatic carbocycles. The molecule has 1 N–H and O–H groups in total. The van der Waals surface area contributed by atoms with Gasteiger partial charge < -0.3 is 10.0 Å². The van der Waals surface area contributed by atoms with Crippen LogP contribution >= 0.6 is 11.8 Å². The first-order valence-corrected chi connectivity index (χ1v) is 8.31. The predicted molar refractivity (Wildman–Crippen MR) is 81.4 cm³/mol. The Balaban J connectivity index is 1.85. The smallest absolute Gasteiger partial charge is 0.0935 e. The fraction of sp³-hybridized carbons (Fsp3) is 0.667. The van der Waals surface area contributed by atoms with E-state index in [0.717, 1.165) is 43.3 Å². The Labute approximate surface area is 120 Å². The van der Waals surface area contributed by atoms with E-state index in [0.29, 0.717) is 0 Å². The Morgan fingerprint density at radius 1 is 1.47 bits per heavy atom. The topological polar surface area (TPSA) is 36.4 Å². The normalized spacial score (nSPS) is 21.2. The van der Waals surface area contributed by atoms with E-state index in [2.05, 4.69) is 23.1 Å². The lowest BCUT2D eigenvalue weighted by Gasteiger charge is -2.38. The molecule has 0 spiro atoms. The summed E-state index contributed by atoms with van der Waals surface area (Å²) in [5, 5.41) is 11.4. The Morgan fingerprint density at radius 3 is 2.79 bits per heavy atom. The first-order chi connectivity index (χ1) is 9.14. The molecule has 0 bridgehead atoms. The van der Waals surface area contributed by atoms with Gasteiger partial charge in [-0.1, -0.05) is 13.0 Å². The Kier molecular flexibility index (Phi) is 5.25. The van der Waals surface area contributed by atoms with E-state index < -0.39 is 5.60 Å². The van der Waals surface area contributed by atoms with E-state index in [4.69, 9.17) is 0 Å². The summed E-state index contributed by atoms with van der Waals surface area (Å²) in [5.41, 5.74) is 0.294. The number of aromatic nitrogens is 1. The van der Waals surface area contributed by atoms with E-state index >= 15 is 0 Å². The summed E-state index contributed by atoms with van der Waals surface area (Å²) in [6.07, 6.45) is 8.57. The van der Waals surface area contributed by atoms with E-state index in [1.165, 1.54) is 6.42 Å². The van der Waals surface area contributed by atoms with Gasteiger partial charge in [-0.2, -0.15) is 11.8 Å². The van der Waals surface area contributed by atoms with Crippen LogP contribution in [0.15, 0.2) is 24.5 Å². The van der Waals surface area contributed by atoms with Crippen LogP contribution in [0, 0.1) is 0 Å². The van der Waals surface area contributed by atoms with Crippen LogP contribution in [0.3, 0.4) is 0 Å². The minimum atomic E-state index is -0.671. The average Bonchev–Trinajstić information content (AvgIpc) is 2.47. The van der Waals surface area contributed by atoms with Gasteiger partial charge in [-0.05, 0) is 38.1 Å². The maximum atomic E-state index is 10.7. The largest absolute Gasteiger partial charge is 0.385 e. The van der Waals surface area contributed by atoms with Crippen LogP contribution in [0.5, 0.6) is 0 Å². The summed E-state index contributed by atoms with van der Waals surface area (Å²) in [6.45, 7) is 5.38. The lowest BCUT2D eigenvalue weighted by atomic mass is 9.85. The van der Waals surface area contributed by atoms with Gasteiger partial charge in [-0.25, -0.2) is 0 Å². The molecular formula is C15H24N2OS. The number of pyridine rings is 1. The van der Waals surface area contributed by atoms with Crippen LogP contribution in [0.2, 0.25) is 0 Å². The molecule has 0 amide bonds. The molecule has 1 fully saturated rings. The fourth-order valence-electron chi connectivity index (χ4n) is 2.56. The number of aliphatic hydroxyl groups is 1. The van der Waals surface area contributed by atoms with Gasteiger partial charge in [-0.3, -0.25) is 4.98 Å². The average molecular weight is 280 g/mol. The van der Waals surface area contributed by atoms with Crippen molar-refractivity contribution in [2.75, 3.05) is 25.9 Å². The van der Waals surface area contributed by atoms with Gasteiger partial charge in [0.1, 0.15) is 0 Å². The molecule has 3 nitrogen and oxygen atoms in total. The standard InChI is InChI=1S/C15H24N2OS/c1-13(19-2)5-9-17-10-6-15(18,7-11-17)14-4-3-8-16-12-14/h3-4,8,12-13,18H,5-7,9-11H2,1-2H3/t13-/m0/s1. The summed E-state index contributed by atoms with van der Waals surface area (Å²) >= 11 is 1.93. The third kappa shape index (κ3) is 3.94. The van der Waals surface area contributed by atoms with Crippen molar-refractivity contribution in [3.05, 3.63) is 30.1 Å². The molecule has 0 unspecified atom stereocenters. The molecule has 1 atom stereocenters. The summed E-state index contributed by atoms with van der Waals surface area (Å²) in [7, 11) is 0. The molecule has 1 aliphatic rings. The minimum absolute atomic E-state index is 0.671. The number of piperidine rings is 1. The molecule has 0 aliphatic carbocycles. The zero-order chi connectivity index (χ0) is 13.7. The second-order valence-corrected chi connectivity index (χ2v) is 6.73. The van der Waals surface area contributed by atoms with Crippen LogP contribution in [-0.2, 0) is 5.60 Å². The number of hydrogen-bond donors (Lipinski definition) is 1. The Morgan fingerprint density at radius 2 is 2.21 bits per heavy atom. The number of hydrogen-bond acceptors (Lipinski definition) is 4. The summed E-state index contributed by atoms with van der Waals surface area (Å²) < 4.78 is 0. The van der Waals surface area contributed by atoms with Crippen molar-refractivity contribution in [1.82, 2.24) is 9.88 Å². The lowest BCUT2D eigenvalue weighted by molar-refractivity contribution is -0.0262. The molecule has 1 saturated heterocycles. The summed E-state index contributed by atoms with van der Waals surface area (Å²) in [4.78, 5) is 6.59. The molecule has 2 heterocycles. The number of rotatable bonds is 5. The molecule has 1 aromatic heterocycles. The van der Waals surface area contributed by atoms with E-state index in [9.17, 15) is 5.11 Å². The van der Waals surface area contributed by atoms with Crippen molar-refractivity contribution < 1.29 is 5.11 Å². The first kappa shape index (κ1) is 14.8. The van der Waals surface area contributed by atoms with Crippen LogP contribution in [0.4, 0.5) is 0 Å². The maximum Gasteiger partial charge on any atom is 0.0935 e. The maximum absolute atomic E-state index is 10.7. The molecular weight excluding hydrogens is 256 g/mol. The predicted octanol–water partition coefficient (Wildman–Crippen LogP) is 2.51. The second kappa shape index (κ2) is 6.73. The Hall–Kier alpha value is -0.580. The molecule has 19 heavy (non-hydrogen) atoms. The molecule has 1 aromatic rings. The quantitative estimate of drug-likeness (QED) is 0.899. The summed E-state index contributed by atoms with van der Waals surface area (Å²) in [5.74, 6) is 0. The van der Waals surface area contributed by atoms with Crippen LogP contribution in [-0.4, -0.2) is 46.1 Å². The van der Waals surface area contributed by atoms with Crippen molar-refractivity contribution in [1.29, 1.82) is 0 Å². The van der Waals surface area contributed by atoms with Gasteiger partial charge >= 0.3 is 0 Å². The highest BCUT2D eigenvalue weighted by molar-refractivity contribution is 7.99. The molecule has 0 saturated carbocycles. The Bertz CT molecular complexity index is 377. The van der Waals surface area contributed by atoms with Gasteiger partial charge in [0.05, 0.1) is 5.60 Å². The van der Waals surface area contributed by atoms with Crippen LogP contribution < -0.4 is 0 Å². The van der Waals surface area contributed by atoms with Gasteiger partial charge in [0, 0.05) is 36.3 Å². The van der Waals surface area contributed by atoms with E-state index in [1.54, 1.807) is 12.4 Å². The highest BCUT2D eigenvalue weighted by Gasteiger charge is 2.33. The third-order valence-corrected chi connectivity index (χ3v) is 5.18. The molecule has 4 heteroatoms. The van der Waals surface area contributed by atoms with Crippen LogP contribution in [0.1, 0.15) is 31.7 Å². The SMILES string of the molecule is CS[C@@H](C)CCN1CCC(O)(c2cccnc2)CC1. The molecule has 2 rings (SSSR count). The molecule has 1 aliphatic heterocycles. The minimum Gasteiger partial charge on any atom is -0.385 e. The van der Waals surface area contributed by atoms with Gasteiger partial charge in [0.15, 0.2) is 0 Å². The van der Waals surface area contributed by atoms with Crippen molar-refractivity contribution in [2.24, 2.45) is 0 Å². The zero-order valence-corrected chi connectivity index (χ0v) is 12.7. The number of likely N-dealkylation sites (tertiary alicyclic amines) is 1. The van der Waals surface area contributed by atoms with Crippen molar-refractivity contribution in [3.8, 4) is 0 Å². The lowest BCUT2D eigenvalue weighted by Crippen LogP contribution is -2.43. The van der Waals surface area contributed by atoms with Crippen LogP contribution in [0.25, 0.3) is 0 Å². The summed E-state index contributed by atoms with van der Waals surface area (Å²) in [6, 6.07) is 3.89. The zero-order valence-electron chi connectivity index (χ0n) is 11.9. The van der Waals surface area contributed by atoms with Gasteiger partial charge in [0.2, 0.25) is 0 Å². The fourth-order valence-corrected chi connectivity index (χ4v) is 2.90. The van der Waals surface area contributed by atoms with Crippen molar-refractivity contribution in [2.45, 2.75) is 37.0 Å². The number of nitrogens with zero attached hydrogens (tertiary/aromatic N) is 2. The highest BCUT2D eigenvalue weighted by atomic mass is 32.2. The van der Waals surface area contributed by atoms with E-state index in [-0.39, 0.29) is 0 Å². The van der Waals surface area contributed by atoms with Gasteiger partial charge in [-0.15, -0.1) is 0 Å². The van der Waals surface area contributed by atoms with Gasteiger partial charge in [0.25, 0.3) is 0 Å².